The molecule has 13 heteroatoms. The van der Waals surface area contributed by atoms with E-state index >= 15 is 0 Å². The molecule has 5 unspecified atom stereocenters. The molecule has 4 fully saturated rings. The molecule has 0 bridgehead atoms. The summed E-state index contributed by atoms with van der Waals surface area (Å²) in [6.45, 7) is 8.30. The molecule has 4 heterocycles. The van der Waals surface area contributed by atoms with Gasteiger partial charge in [0.05, 0.1) is 42.6 Å². The normalized spacial score (nSPS) is 28.6. The van der Waals surface area contributed by atoms with Crippen LogP contribution in [0.3, 0.4) is 0 Å². The number of aromatic hydroxyl groups is 2. The predicted octanol–water partition coefficient (Wildman–Crippen LogP) is 1.64. The topological polar surface area (TPSA) is 167 Å². The number of carbonyl (C=O) groups is 3. The fourth-order valence-electron chi connectivity index (χ4n) is 8.70. The lowest BCUT2D eigenvalue weighted by atomic mass is 9.74. The molecule has 4 N–H and O–H groups in total. The summed E-state index contributed by atoms with van der Waals surface area (Å²) in [7, 11) is 3.06. The van der Waals surface area contributed by atoms with Crippen LogP contribution in [0.4, 0.5) is 0 Å². The number of hydrogen-bond donors (Lipinski definition) is 4. The van der Waals surface area contributed by atoms with Crippen LogP contribution in [0.2, 0.25) is 0 Å². The van der Waals surface area contributed by atoms with Gasteiger partial charge in [-0.3, -0.25) is 19.3 Å². The molecule has 8 rings (SSSR count). The van der Waals surface area contributed by atoms with Crippen molar-refractivity contribution in [3.63, 3.8) is 0 Å². The monoisotopic (exact) mass is 693 g/mol. The van der Waals surface area contributed by atoms with Crippen molar-refractivity contribution in [2.45, 2.75) is 63.6 Å². The number of nitrogens with zero attached hydrogens (tertiary/aromatic N) is 2. The first kappa shape index (κ1) is 34.8. The van der Waals surface area contributed by atoms with Gasteiger partial charge in [0, 0.05) is 80.5 Å². The van der Waals surface area contributed by atoms with Gasteiger partial charge in [-0.05, 0) is 51.6 Å². The molecule has 2 aliphatic carbocycles. The van der Waals surface area contributed by atoms with E-state index < -0.39 is 17.7 Å². The molecule has 270 valence electrons. The van der Waals surface area contributed by atoms with Gasteiger partial charge in [-0.15, -0.1) is 0 Å². The Morgan fingerprint density at radius 1 is 1.00 bits per heavy atom. The summed E-state index contributed by atoms with van der Waals surface area (Å²) in [5, 5.41) is 35.7. The molecule has 5 atom stereocenters. The fraction of sp³-hybridized carbons (Fsp3) is 0.595. The number of hydrogen-bond acceptors (Lipinski definition) is 12. The molecule has 0 saturated carbocycles. The summed E-state index contributed by atoms with van der Waals surface area (Å²) in [5.74, 6) is -1.69. The number of rotatable bonds is 4. The van der Waals surface area contributed by atoms with Gasteiger partial charge >= 0.3 is 0 Å². The summed E-state index contributed by atoms with van der Waals surface area (Å²) >= 11 is 0. The minimum atomic E-state index is -0.549. The van der Waals surface area contributed by atoms with E-state index in [0.717, 1.165) is 58.7 Å². The number of carbonyl (C=O) groups excluding carboxylic acids is 3. The van der Waals surface area contributed by atoms with Gasteiger partial charge in [-0.1, -0.05) is 12.1 Å². The van der Waals surface area contributed by atoms with Crippen LogP contribution in [-0.2, 0) is 31.8 Å². The van der Waals surface area contributed by atoms with E-state index in [0.29, 0.717) is 30.6 Å². The van der Waals surface area contributed by atoms with Crippen molar-refractivity contribution < 1.29 is 48.7 Å². The highest BCUT2D eigenvalue weighted by Gasteiger charge is 2.49. The Labute approximate surface area is 291 Å². The van der Waals surface area contributed by atoms with Crippen LogP contribution in [0.1, 0.15) is 69.2 Å². The number of morpholine rings is 1. The van der Waals surface area contributed by atoms with E-state index in [9.17, 15) is 29.7 Å². The Balaban J connectivity index is 0.000000206. The largest absolute Gasteiger partial charge is 0.507 e. The van der Waals surface area contributed by atoms with E-state index in [1.54, 1.807) is 19.2 Å². The highest BCUT2D eigenvalue weighted by atomic mass is 16.7. The zero-order valence-corrected chi connectivity index (χ0v) is 28.9. The Hall–Kier alpha value is -3.59. The van der Waals surface area contributed by atoms with Crippen LogP contribution in [0.25, 0.3) is 0 Å². The van der Waals surface area contributed by atoms with Crippen molar-refractivity contribution in [3.8, 4) is 17.2 Å². The summed E-state index contributed by atoms with van der Waals surface area (Å²) in [4.78, 5) is 44.0. The van der Waals surface area contributed by atoms with Crippen molar-refractivity contribution in [3.05, 3.63) is 51.6 Å². The molecule has 1 spiro atoms. The minimum absolute atomic E-state index is 0.0530. The maximum Gasteiger partial charge on any atom is 0.226 e. The van der Waals surface area contributed by atoms with E-state index in [-0.39, 0.29) is 81.6 Å². The Morgan fingerprint density at radius 2 is 1.76 bits per heavy atom. The highest BCUT2D eigenvalue weighted by Crippen LogP contribution is 2.48. The summed E-state index contributed by atoms with van der Waals surface area (Å²) in [6.07, 6.45) is 2.39. The lowest BCUT2D eigenvalue weighted by Gasteiger charge is -2.49. The third-order valence-electron chi connectivity index (χ3n) is 11.5. The first-order valence-corrected chi connectivity index (χ1v) is 17.6. The van der Waals surface area contributed by atoms with Crippen LogP contribution in [0, 0.1) is 11.3 Å². The van der Waals surface area contributed by atoms with Crippen LogP contribution in [0.15, 0.2) is 18.2 Å². The second-order valence-corrected chi connectivity index (χ2v) is 14.5. The van der Waals surface area contributed by atoms with Crippen molar-refractivity contribution in [2.75, 3.05) is 66.7 Å². The lowest BCUT2D eigenvalue weighted by molar-refractivity contribution is -0.190. The zero-order chi connectivity index (χ0) is 35.3. The Morgan fingerprint density at radius 3 is 2.48 bits per heavy atom. The van der Waals surface area contributed by atoms with E-state index in [1.807, 2.05) is 11.8 Å². The number of aliphatic hydroxyl groups excluding tert-OH is 1. The van der Waals surface area contributed by atoms with Gasteiger partial charge in [-0.25, -0.2) is 0 Å². The average Bonchev–Trinajstić information content (AvgIpc) is 3.63. The number of amides is 1. The minimum Gasteiger partial charge on any atom is -0.507 e. The number of methoxy groups -OCH3 is 2. The fourth-order valence-corrected chi connectivity index (χ4v) is 8.70. The Bertz CT molecular complexity index is 1670. The third-order valence-corrected chi connectivity index (χ3v) is 11.5. The van der Waals surface area contributed by atoms with Crippen molar-refractivity contribution in [1.29, 1.82) is 0 Å². The van der Waals surface area contributed by atoms with Crippen molar-refractivity contribution in [2.24, 2.45) is 11.3 Å². The van der Waals surface area contributed by atoms with E-state index in [4.69, 9.17) is 18.9 Å². The first-order valence-electron chi connectivity index (χ1n) is 17.6. The molecule has 4 aliphatic heterocycles. The van der Waals surface area contributed by atoms with Crippen LogP contribution < -0.4 is 10.1 Å². The third kappa shape index (κ3) is 5.97. The summed E-state index contributed by atoms with van der Waals surface area (Å²) in [6, 6.07) is 4.88. The molecule has 2 aromatic rings. The molecule has 1 amide bonds. The second-order valence-electron chi connectivity index (χ2n) is 14.5. The Kier molecular flexibility index (Phi) is 9.65. The molecule has 2 aromatic carbocycles. The van der Waals surface area contributed by atoms with Crippen LogP contribution in [0.5, 0.6) is 17.2 Å². The van der Waals surface area contributed by atoms with E-state index in [1.165, 1.54) is 13.2 Å². The van der Waals surface area contributed by atoms with Gasteiger partial charge in [0.15, 0.2) is 12.1 Å². The first-order chi connectivity index (χ1) is 24.1. The number of aliphatic hydroxyl groups is 1. The molecule has 4 saturated heterocycles. The SMILES string of the molecule is COC1CN(C2CCOC(C)C2O)CCO1.COc1cccc2c1C(=O)c1c(O)c3c(c(O)c1C2=O)CC(C(=O)N1CC2(CCNC2)C1)CC3. The predicted molar refractivity (Wildman–Crippen MR) is 180 cm³/mol. The number of benzene rings is 2. The summed E-state index contributed by atoms with van der Waals surface area (Å²) in [5.41, 5.74) is 0.894. The lowest BCUT2D eigenvalue weighted by Crippen LogP contribution is -2.60. The number of fused-ring (bicyclic) bond motifs is 3. The highest BCUT2D eigenvalue weighted by molar-refractivity contribution is 6.31. The van der Waals surface area contributed by atoms with Crippen LogP contribution in [-0.4, -0.2) is 134 Å². The van der Waals surface area contributed by atoms with Gasteiger partial charge in [0.25, 0.3) is 0 Å². The number of ether oxygens (including phenoxy) is 4. The quantitative estimate of drug-likeness (QED) is 0.292. The summed E-state index contributed by atoms with van der Waals surface area (Å²) < 4.78 is 21.3. The smallest absolute Gasteiger partial charge is 0.226 e. The maximum atomic E-state index is 13.4. The number of ketones is 2. The van der Waals surface area contributed by atoms with Crippen LogP contribution >= 0.6 is 0 Å². The average molecular weight is 694 g/mol. The molecule has 13 nitrogen and oxygen atoms in total. The standard InChI is InChI=1S/C26H26N2O6.C11H21NO4/c1-34-17-4-2-3-15-18(17)24(32)20-19(22(15)30)23(31)16-9-13(5-6-14(16)21(20)29)25(33)28-11-26(12-28)7-8-27-10-26;1-8-11(13)9(3-5-15-8)12-4-6-16-10(7-12)14-2/h2-4,13,27,29,31H,5-12H2,1H3;8-11,13H,3-7H2,1-2H3. The van der Waals surface area contributed by atoms with Crippen molar-refractivity contribution in [1.82, 2.24) is 15.1 Å². The van der Waals surface area contributed by atoms with Gasteiger partial charge in [-0.2, -0.15) is 0 Å². The van der Waals surface area contributed by atoms with E-state index in [2.05, 4.69) is 10.2 Å². The zero-order valence-electron chi connectivity index (χ0n) is 28.9. The molecular formula is C37H47N3O10. The molecular weight excluding hydrogens is 646 g/mol. The number of nitrogens with one attached hydrogen (secondary N) is 1. The number of phenols is 2. The van der Waals surface area contributed by atoms with Crippen molar-refractivity contribution >= 4 is 17.5 Å². The molecule has 0 aromatic heterocycles. The molecule has 50 heavy (non-hydrogen) atoms. The second kappa shape index (κ2) is 13.9. The maximum absolute atomic E-state index is 13.4. The van der Waals surface area contributed by atoms with Gasteiger partial charge < -0.3 is 44.5 Å². The molecule has 0 radical (unpaired) electrons. The number of likely N-dealkylation sites (tertiary alicyclic amines) is 1. The van der Waals surface area contributed by atoms with Gasteiger partial charge in [0.1, 0.15) is 17.2 Å². The molecule has 6 aliphatic rings. The van der Waals surface area contributed by atoms with Gasteiger partial charge in [0.2, 0.25) is 11.7 Å². The number of phenolic OH excluding ortho intramolecular Hbond substituents is 2.